The van der Waals surface area contributed by atoms with Gasteiger partial charge in [-0.3, -0.25) is 4.79 Å². The predicted octanol–water partition coefficient (Wildman–Crippen LogP) is 4.38. The van der Waals surface area contributed by atoms with Crippen LogP contribution in [0.3, 0.4) is 0 Å². The number of aryl methyl sites for hydroxylation is 1. The van der Waals surface area contributed by atoms with Gasteiger partial charge in [-0.2, -0.15) is 0 Å². The molecule has 2 unspecified atom stereocenters. The number of anilines is 1. The molecular weight excluding hydrogens is 375 g/mol. The van der Waals surface area contributed by atoms with Crippen LogP contribution >= 0.6 is 11.3 Å². The van der Waals surface area contributed by atoms with Gasteiger partial charge in [0.1, 0.15) is 22.8 Å². The molecule has 3 heterocycles. The Hall–Kier alpha value is -2.54. The number of aromatic nitrogens is 2. The van der Waals surface area contributed by atoms with Gasteiger partial charge in [0.15, 0.2) is 0 Å². The highest BCUT2D eigenvalue weighted by atomic mass is 32.1. The number of thiophene rings is 1. The number of halogens is 1. The van der Waals surface area contributed by atoms with Gasteiger partial charge in [0, 0.05) is 19.1 Å². The maximum Gasteiger partial charge on any atom is 0.264 e. The molecule has 1 aliphatic carbocycles. The second-order valence-corrected chi connectivity index (χ2v) is 8.73. The van der Waals surface area contributed by atoms with Crippen molar-refractivity contribution in [3.05, 3.63) is 52.4 Å². The molecule has 144 valence electrons. The molecule has 1 saturated heterocycles. The molecule has 0 radical (unpaired) electrons. The van der Waals surface area contributed by atoms with E-state index in [0.29, 0.717) is 24.3 Å². The van der Waals surface area contributed by atoms with Gasteiger partial charge in [-0.1, -0.05) is 12.1 Å². The van der Waals surface area contributed by atoms with E-state index in [1.807, 2.05) is 13.0 Å². The summed E-state index contributed by atoms with van der Waals surface area (Å²) in [6.45, 7) is 3.31. The number of rotatable bonds is 4. The van der Waals surface area contributed by atoms with Crippen LogP contribution in [0.1, 0.15) is 40.1 Å². The van der Waals surface area contributed by atoms with Gasteiger partial charge in [0.25, 0.3) is 5.91 Å². The number of fused-ring (bicyclic) bond motifs is 3. The van der Waals surface area contributed by atoms with E-state index in [-0.39, 0.29) is 11.7 Å². The Morgan fingerprint density at radius 3 is 3.00 bits per heavy atom. The fourth-order valence-electron chi connectivity index (χ4n) is 4.55. The van der Waals surface area contributed by atoms with E-state index in [1.54, 1.807) is 6.07 Å². The van der Waals surface area contributed by atoms with Crippen molar-refractivity contribution in [1.82, 2.24) is 14.9 Å². The molecule has 1 saturated carbocycles. The first-order chi connectivity index (χ1) is 13.6. The number of hydrogen-bond acceptors (Lipinski definition) is 5. The lowest BCUT2D eigenvalue weighted by atomic mass is 10.1. The lowest BCUT2D eigenvalue weighted by molar-refractivity contribution is 0.0708. The number of nitrogens with one attached hydrogen (secondary N) is 1. The predicted molar refractivity (Wildman–Crippen MR) is 108 cm³/mol. The highest BCUT2D eigenvalue weighted by molar-refractivity contribution is 7.20. The van der Waals surface area contributed by atoms with Crippen LogP contribution in [-0.2, 0) is 6.54 Å². The van der Waals surface area contributed by atoms with Crippen LogP contribution in [0.5, 0.6) is 0 Å². The molecule has 2 aromatic heterocycles. The van der Waals surface area contributed by atoms with Crippen molar-refractivity contribution in [3.63, 3.8) is 0 Å². The molecule has 0 spiro atoms. The first-order valence-electron chi connectivity index (χ1n) is 9.63. The maximum atomic E-state index is 13.4. The van der Waals surface area contributed by atoms with E-state index in [2.05, 4.69) is 20.2 Å². The summed E-state index contributed by atoms with van der Waals surface area (Å²) in [6.07, 6.45) is 5.04. The lowest BCUT2D eigenvalue weighted by Crippen LogP contribution is -2.37. The number of carbonyl (C=O) groups is 1. The minimum atomic E-state index is -0.258. The number of piperidine rings is 1. The van der Waals surface area contributed by atoms with E-state index >= 15 is 0 Å². The standard InChI is InChI=1S/C21H21FN4OS/c1-12-17-19(23-9-13-3-2-4-15(22)7-13)24-11-25-20(17)28-18(12)21(27)26-10-14-5-6-16(26)8-14/h2-4,7,11,14,16H,5-6,8-10H2,1H3,(H,23,24,25). The van der Waals surface area contributed by atoms with E-state index in [0.717, 1.165) is 45.6 Å². The van der Waals surface area contributed by atoms with Crippen molar-refractivity contribution in [2.24, 2.45) is 5.92 Å². The third-order valence-corrected chi connectivity index (χ3v) is 7.13. The fourth-order valence-corrected chi connectivity index (χ4v) is 5.65. The maximum absolute atomic E-state index is 13.4. The zero-order valence-corrected chi connectivity index (χ0v) is 16.4. The highest BCUT2D eigenvalue weighted by Crippen LogP contribution is 2.40. The third-order valence-electron chi connectivity index (χ3n) is 5.94. The zero-order valence-electron chi connectivity index (χ0n) is 15.6. The van der Waals surface area contributed by atoms with Gasteiger partial charge in [0.2, 0.25) is 0 Å². The SMILES string of the molecule is Cc1c(C(=O)N2CC3CCC2C3)sc2ncnc(NCc3cccc(F)c3)c12. The van der Waals surface area contributed by atoms with Crippen LogP contribution in [0, 0.1) is 18.7 Å². The number of nitrogens with zero attached hydrogens (tertiary/aromatic N) is 3. The molecule has 7 heteroatoms. The van der Waals surface area contributed by atoms with Gasteiger partial charge in [-0.05, 0) is 55.4 Å². The molecule has 1 aromatic carbocycles. The number of likely N-dealkylation sites (tertiary alicyclic amines) is 1. The minimum absolute atomic E-state index is 0.129. The van der Waals surface area contributed by atoms with Gasteiger partial charge < -0.3 is 10.2 Å². The summed E-state index contributed by atoms with van der Waals surface area (Å²) in [4.78, 5) is 25.6. The number of hydrogen-bond donors (Lipinski definition) is 1. The van der Waals surface area contributed by atoms with Crippen molar-refractivity contribution < 1.29 is 9.18 Å². The lowest BCUT2D eigenvalue weighted by Gasteiger charge is -2.26. The van der Waals surface area contributed by atoms with E-state index in [4.69, 9.17) is 0 Å². The van der Waals surface area contributed by atoms with Gasteiger partial charge in [-0.15, -0.1) is 11.3 Å². The zero-order chi connectivity index (χ0) is 19.3. The summed E-state index contributed by atoms with van der Waals surface area (Å²) < 4.78 is 13.4. The molecule has 1 aliphatic heterocycles. The van der Waals surface area contributed by atoms with Crippen LogP contribution < -0.4 is 5.32 Å². The number of amides is 1. The molecule has 5 nitrogen and oxygen atoms in total. The minimum Gasteiger partial charge on any atom is -0.365 e. The molecule has 3 aromatic rings. The number of carbonyl (C=O) groups excluding carboxylic acids is 1. The van der Waals surface area contributed by atoms with E-state index in [1.165, 1.54) is 36.2 Å². The monoisotopic (exact) mass is 396 g/mol. The molecule has 1 amide bonds. The van der Waals surface area contributed by atoms with Crippen molar-refractivity contribution in [2.45, 2.75) is 38.8 Å². The van der Waals surface area contributed by atoms with Gasteiger partial charge in [0.05, 0.1) is 10.3 Å². The summed E-state index contributed by atoms with van der Waals surface area (Å²) in [5.74, 6) is 1.23. The fraction of sp³-hybridized carbons (Fsp3) is 0.381. The number of benzene rings is 1. The Balaban J connectivity index is 1.44. The Morgan fingerprint density at radius 1 is 1.36 bits per heavy atom. The Labute approximate surface area is 166 Å². The molecule has 1 N–H and O–H groups in total. The molecule has 2 atom stereocenters. The second kappa shape index (κ2) is 6.81. The van der Waals surface area contributed by atoms with Crippen molar-refractivity contribution in [3.8, 4) is 0 Å². The van der Waals surface area contributed by atoms with Crippen molar-refractivity contribution in [2.75, 3.05) is 11.9 Å². The topological polar surface area (TPSA) is 58.1 Å². The highest BCUT2D eigenvalue weighted by Gasteiger charge is 2.41. The summed E-state index contributed by atoms with van der Waals surface area (Å²) >= 11 is 1.44. The summed E-state index contributed by atoms with van der Waals surface area (Å²) in [6, 6.07) is 6.89. The quantitative estimate of drug-likeness (QED) is 0.711. The van der Waals surface area contributed by atoms with E-state index < -0.39 is 0 Å². The Morgan fingerprint density at radius 2 is 2.25 bits per heavy atom. The molecule has 2 fully saturated rings. The van der Waals surface area contributed by atoms with Crippen LogP contribution in [0.25, 0.3) is 10.2 Å². The second-order valence-electron chi connectivity index (χ2n) is 7.73. The molecule has 5 rings (SSSR count). The Kier molecular flexibility index (Phi) is 4.27. The Bertz CT molecular complexity index is 1070. The smallest absolute Gasteiger partial charge is 0.264 e. The first kappa shape index (κ1) is 17.6. The van der Waals surface area contributed by atoms with Crippen molar-refractivity contribution >= 4 is 33.3 Å². The van der Waals surface area contributed by atoms with E-state index in [9.17, 15) is 9.18 Å². The molecule has 28 heavy (non-hydrogen) atoms. The van der Waals surface area contributed by atoms with Crippen LogP contribution in [-0.4, -0.2) is 33.4 Å². The summed E-state index contributed by atoms with van der Waals surface area (Å²) in [5.41, 5.74) is 1.76. The first-order valence-corrected chi connectivity index (χ1v) is 10.4. The van der Waals surface area contributed by atoms with Crippen LogP contribution in [0.4, 0.5) is 10.2 Å². The largest absolute Gasteiger partial charge is 0.365 e. The summed E-state index contributed by atoms with van der Waals surface area (Å²) in [7, 11) is 0. The molecule has 2 bridgehead atoms. The third kappa shape index (κ3) is 2.94. The van der Waals surface area contributed by atoms with Crippen molar-refractivity contribution in [1.29, 1.82) is 0 Å². The molecular formula is C21H21FN4OS. The average Bonchev–Trinajstić information content (AvgIpc) is 3.41. The van der Waals surface area contributed by atoms with Crippen LogP contribution in [0.2, 0.25) is 0 Å². The van der Waals surface area contributed by atoms with Gasteiger partial charge in [-0.25, -0.2) is 14.4 Å². The van der Waals surface area contributed by atoms with Crippen LogP contribution in [0.15, 0.2) is 30.6 Å². The average molecular weight is 396 g/mol. The summed E-state index contributed by atoms with van der Waals surface area (Å²) in [5, 5.41) is 4.17. The molecule has 2 aliphatic rings. The normalized spacial score (nSPS) is 20.9. The van der Waals surface area contributed by atoms with Gasteiger partial charge >= 0.3 is 0 Å².